The van der Waals surface area contributed by atoms with Gasteiger partial charge in [-0.2, -0.15) is 0 Å². The van der Waals surface area contributed by atoms with E-state index in [4.69, 9.17) is 0 Å². The Balaban J connectivity index is 2.39. The molecule has 0 saturated heterocycles. The largest absolute Gasteiger partial charge is 0.319 e. The molecule has 0 amide bonds. The van der Waals surface area contributed by atoms with E-state index in [0.717, 1.165) is 5.69 Å². The average molecular weight is 221 g/mol. The van der Waals surface area contributed by atoms with Gasteiger partial charge in [0.2, 0.25) is 0 Å². The maximum absolute atomic E-state index is 3.28. The molecular weight excluding hydrogens is 206 g/mol. The maximum Gasteiger partial charge on any atom is 0.130 e. The van der Waals surface area contributed by atoms with Crippen molar-refractivity contribution in [1.29, 1.82) is 0 Å². The van der Waals surface area contributed by atoms with Gasteiger partial charge in [-0.25, -0.2) is 0 Å². The highest BCUT2D eigenvalue weighted by atomic mass is 32.2. The Labute approximate surface area is 91.4 Å². The molecule has 0 aliphatic carbocycles. The SMILES string of the molecule is C[Si](C)(C)C#CSNc1ccccc1. The molecule has 0 atom stereocenters. The van der Waals surface area contributed by atoms with Crippen LogP contribution in [0.5, 0.6) is 0 Å². The van der Waals surface area contributed by atoms with Crippen molar-refractivity contribution in [3.8, 4) is 10.8 Å². The molecule has 1 nitrogen and oxygen atoms in total. The van der Waals surface area contributed by atoms with Crippen LogP contribution in [-0.4, -0.2) is 8.07 Å². The monoisotopic (exact) mass is 221 g/mol. The highest BCUT2D eigenvalue weighted by Crippen LogP contribution is 2.10. The van der Waals surface area contributed by atoms with Crippen molar-refractivity contribution in [3.05, 3.63) is 30.3 Å². The topological polar surface area (TPSA) is 12.0 Å². The standard InChI is InChI=1S/C11H15NSSi/c1-14(2,3)10-9-13-12-11-7-5-4-6-8-11/h4-8,12H,1-3H3. The van der Waals surface area contributed by atoms with Gasteiger partial charge in [-0.15, -0.1) is 5.54 Å². The lowest BCUT2D eigenvalue weighted by molar-refractivity contribution is 1.69. The van der Waals surface area contributed by atoms with Crippen LogP contribution in [0, 0.1) is 10.8 Å². The first-order valence-corrected chi connectivity index (χ1v) is 8.89. The molecule has 0 heterocycles. The minimum absolute atomic E-state index is 1.10. The molecule has 14 heavy (non-hydrogen) atoms. The Hall–Kier alpha value is -0.853. The molecule has 1 N–H and O–H groups in total. The highest BCUT2D eigenvalue weighted by Gasteiger charge is 2.07. The van der Waals surface area contributed by atoms with Gasteiger partial charge in [-0.3, -0.25) is 0 Å². The lowest BCUT2D eigenvalue weighted by atomic mass is 10.3. The van der Waals surface area contributed by atoms with Crippen molar-refractivity contribution >= 4 is 25.7 Å². The fourth-order valence-electron chi connectivity index (χ4n) is 0.769. The summed E-state index contributed by atoms with van der Waals surface area (Å²) in [4.78, 5) is 0. The lowest BCUT2D eigenvalue weighted by Crippen LogP contribution is -2.16. The summed E-state index contributed by atoms with van der Waals surface area (Å²) in [6, 6.07) is 10.1. The molecule has 0 saturated carbocycles. The predicted octanol–water partition coefficient (Wildman–Crippen LogP) is 3.59. The van der Waals surface area contributed by atoms with Gasteiger partial charge < -0.3 is 4.72 Å². The summed E-state index contributed by atoms with van der Waals surface area (Å²) < 4.78 is 3.18. The molecule has 74 valence electrons. The van der Waals surface area contributed by atoms with Crippen molar-refractivity contribution in [3.63, 3.8) is 0 Å². The van der Waals surface area contributed by atoms with E-state index < -0.39 is 8.07 Å². The summed E-state index contributed by atoms with van der Waals surface area (Å²) in [5.41, 5.74) is 4.38. The van der Waals surface area contributed by atoms with Crippen molar-refractivity contribution in [1.82, 2.24) is 0 Å². The van der Waals surface area contributed by atoms with E-state index in [1.165, 1.54) is 11.9 Å². The molecule has 0 radical (unpaired) electrons. The van der Waals surface area contributed by atoms with Crippen LogP contribution in [0.25, 0.3) is 0 Å². The summed E-state index contributed by atoms with van der Waals surface area (Å²) in [5.74, 6) is 0. The molecule has 1 aromatic rings. The molecular formula is C11H15NSSi. The highest BCUT2D eigenvalue weighted by molar-refractivity contribution is 8.05. The molecule has 0 fully saturated rings. The van der Waals surface area contributed by atoms with Crippen LogP contribution in [-0.2, 0) is 0 Å². The zero-order valence-corrected chi connectivity index (χ0v) is 10.6. The summed E-state index contributed by atoms with van der Waals surface area (Å²) in [6.45, 7) is 6.72. The smallest absolute Gasteiger partial charge is 0.130 e. The van der Waals surface area contributed by atoms with Gasteiger partial charge in [0.1, 0.15) is 8.07 Å². The van der Waals surface area contributed by atoms with Crippen LogP contribution < -0.4 is 4.72 Å². The Morgan fingerprint density at radius 3 is 2.36 bits per heavy atom. The van der Waals surface area contributed by atoms with E-state index in [2.05, 4.69) is 35.2 Å². The van der Waals surface area contributed by atoms with Gasteiger partial charge in [-0.1, -0.05) is 37.8 Å². The van der Waals surface area contributed by atoms with E-state index in [1.54, 1.807) is 0 Å². The average Bonchev–Trinajstić information content (AvgIpc) is 2.13. The van der Waals surface area contributed by atoms with Crippen molar-refractivity contribution in [2.75, 3.05) is 4.72 Å². The van der Waals surface area contributed by atoms with Crippen LogP contribution >= 0.6 is 11.9 Å². The van der Waals surface area contributed by atoms with E-state index in [-0.39, 0.29) is 0 Å². The summed E-state index contributed by atoms with van der Waals surface area (Å²) >= 11 is 1.46. The summed E-state index contributed by atoms with van der Waals surface area (Å²) in [5, 5.41) is 3.09. The third-order valence-corrected chi connectivity index (χ3v) is 3.02. The predicted molar refractivity (Wildman–Crippen MR) is 68.8 cm³/mol. The first kappa shape index (κ1) is 11.2. The minimum atomic E-state index is -1.22. The molecule has 3 heteroatoms. The molecule has 0 spiro atoms. The van der Waals surface area contributed by atoms with Gasteiger partial charge in [-0.05, 0) is 17.4 Å². The first-order chi connectivity index (χ1) is 6.58. The number of benzene rings is 1. The van der Waals surface area contributed by atoms with E-state index in [0.29, 0.717) is 0 Å². The molecule has 1 aromatic carbocycles. The summed E-state index contributed by atoms with van der Waals surface area (Å²) in [7, 11) is -1.22. The lowest BCUT2D eigenvalue weighted by Gasteiger charge is -2.03. The molecule has 0 bridgehead atoms. The second-order valence-corrected chi connectivity index (χ2v) is 9.41. The maximum atomic E-state index is 3.28. The summed E-state index contributed by atoms with van der Waals surface area (Å²) in [6.07, 6.45) is 0. The minimum Gasteiger partial charge on any atom is -0.319 e. The zero-order valence-electron chi connectivity index (χ0n) is 8.79. The van der Waals surface area contributed by atoms with Crippen molar-refractivity contribution in [2.45, 2.75) is 19.6 Å². The van der Waals surface area contributed by atoms with Crippen LogP contribution in [0.3, 0.4) is 0 Å². The van der Waals surface area contributed by atoms with Gasteiger partial charge in [0.25, 0.3) is 0 Å². The number of hydrogen-bond donors (Lipinski definition) is 1. The van der Waals surface area contributed by atoms with Crippen molar-refractivity contribution < 1.29 is 0 Å². The number of nitrogens with one attached hydrogen (secondary N) is 1. The van der Waals surface area contributed by atoms with Gasteiger partial charge >= 0.3 is 0 Å². The Morgan fingerprint density at radius 1 is 1.14 bits per heavy atom. The molecule has 0 aliphatic rings. The molecule has 1 rings (SSSR count). The Morgan fingerprint density at radius 2 is 1.79 bits per heavy atom. The Bertz CT molecular complexity index is 332. The zero-order chi connectivity index (χ0) is 10.4. The Kier molecular flexibility index (Phi) is 4.12. The number of para-hydroxylation sites is 1. The number of rotatable bonds is 2. The van der Waals surface area contributed by atoms with Crippen molar-refractivity contribution in [2.24, 2.45) is 0 Å². The molecule has 0 aromatic heterocycles. The van der Waals surface area contributed by atoms with Crippen LogP contribution in [0.4, 0.5) is 5.69 Å². The quantitative estimate of drug-likeness (QED) is 0.465. The second-order valence-electron chi connectivity index (χ2n) is 4.05. The van der Waals surface area contributed by atoms with Crippen LogP contribution in [0.1, 0.15) is 0 Å². The molecule has 0 unspecified atom stereocenters. The fourth-order valence-corrected chi connectivity index (χ4v) is 2.50. The van der Waals surface area contributed by atoms with E-state index in [9.17, 15) is 0 Å². The van der Waals surface area contributed by atoms with E-state index in [1.807, 2.05) is 30.3 Å². The van der Waals surface area contributed by atoms with Crippen LogP contribution in [0.2, 0.25) is 19.6 Å². The van der Waals surface area contributed by atoms with Gasteiger partial charge in [0.05, 0.1) is 0 Å². The van der Waals surface area contributed by atoms with Gasteiger partial charge in [0, 0.05) is 17.6 Å². The third-order valence-electron chi connectivity index (χ3n) is 1.42. The van der Waals surface area contributed by atoms with Gasteiger partial charge in [0.15, 0.2) is 0 Å². The molecule has 0 aliphatic heterocycles. The first-order valence-electron chi connectivity index (χ1n) is 4.57. The van der Waals surface area contributed by atoms with Crippen LogP contribution in [0.15, 0.2) is 30.3 Å². The number of anilines is 1. The third kappa shape index (κ3) is 5.00. The van der Waals surface area contributed by atoms with E-state index >= 15 is 0 Å². The number of hydrogen-bond acceptors (Lipinski definition) is 2. The second kappa shape index (κ2) is 5.13. The normalized spacial score (nSPS) is 10.2. The fraction of sp³-hybridized carbons (Fsp3) is 0.273.